The van der Waals surface area contributed by atoms with Crippen molar-refractivity contribution in [2.75, 3.05) is 12.0 Å². The van der Waals surface area contributed by atoms with Gasteiger partial charge in [-0.05, 0) is 31.6 Å². The summed E-state index contributed by atoms with van der Waals surface area (Å²) in [4.78, 5) is 2.57. The van der Waals surface area contributed by atoms with Gasteiger partial charge < -0.3 is 0 Å². The van der Waals surface area contributed by atoms with E-state index in [2.05, 4.69) is 20.5 Å². The van der Waals surface area contributed by atoms with Gasteiger partial charge in [0.05, 0.1) is 6.54 Å². The molecule has 0 unspecified atom stereocenters. The second-order valence-corrected chi connectivity index (χ2v) is 5.81. The van der Waals surface area contributed by atoms with Crippen LogP contribution in [0.2, 0.25) is 0 Å². The van der Waals surface area contributed by atoms with Crippen LogP contribution in [0, 0.1) is 5.92 Å². The molecule has 2 saturated carbocycles. The van der Waals surface area contributed by atoms with Crippen molar-refractivity contribution in [3.8, 4) is 0 Å². The third-order valence-electron chi connectivity index (χ3n) is 3.18. The predicted molar refractivity (Wildman–Crippen MR) is 63.9 cm³/mol. The van der Waals surface area contributed by atoms with Crippen LogP contribution in [0.4, 0.5) is 5.13 Å². The number of nitrogens with one attached hydrogen (secondary N) is 1. The molecule has 0 aliphatic heterocycles. The van der Waals surface area contributed by atoms with Crippen LogP contribution < -0.4 is 11.3 Å². The van der Waals surface area contributed by atoms with Gasteiger partial charge in [-0.1, -0.05) is 11.3 Å². The van der Waals surface area contributed by atoms with Crippen LogP contribution in [0.15, 0.2) is 0 Å². The fourth-order valence-corrected chi connectivity index (χ4v) is 2.64. The minimum atomic E-state index is 0.706. The molecule has 2 aliphatic carbocycles. The van der Waals surface area contributed by atoms with Gasteiger partial charge in [0.15, 0.2) is 0 Å². The van der Waals surface area contributed by atoms with Gasteiger partial charge in [-0.3, -0.25) is 10.3 Å². The summed E-state index contributed by atoms with van der Waals surface area (Å²) in [6.45, 7) is 2.19. The van der Waals surface area contributed by atoms with Crippen molar-refractivity contribution in [3.05, 3.63) is 5.01 Å². The Kier molecular flexibility index (Phi) is 2.79. The highest BCUT2D eigenvalue weighted by Gasteiger charge is 2.34. The number of nitrogens with zero attached hydrogens (tertiary/aromatic N) is 3. The van der Waals surface area contributed by atoms with E-state index in [0.717, 1.165) is 23.5 Å². The van der Waals surface area contributed by atoms with Crippen LogP contribution in [-0.4, -0.2) is 27.7 Å². The van der Waals surface area contributed by atoms with Crippen molar-refractivity contribution in [3.63, 3.8) is 0 Å². The lowest BCUT2D eigenvalue weighted by Crippen LogP contribution is -2.27. The molecule has 5 nitrogen and oxygen atoms in total. The first-order valence-electron chi connectivity index (χ1n) is 5.88. The summed E-state index contributed by atoms with van der Waals surface area (Å²) in [5, 5.41) is 9.89. The Balaban J connectivity index is 1.60. The van der Waals surface area contributed by atoms with E-state index in [0.29, 0.717) is 5.13 Å². The normalized spacial score (nSPS) is 20.4. The van der Waals surface area contributed by atoms with Crippen molar-refractivity contribution in [1.29, 1.82) is 0 Å². The largest absolute Gasteiger partial charge is 0.298 e. The molecule has 3 rings (SSSR count). The van der Waals surface area contributed by atoms with Crippen molar-refractivity contribution < 1.29 is 0 Å². The van der Waals surface area contributed by atoms with Gasteiger partial charge in [0, 0.05) is 12.6 Å². The molecule has 6 heteroatoms. The number of hydrogen-bond donors (Lipinski definition) is 2. The lowest BCUT2D eigenvalue weighted by atomic mass is 10.3. The van der Waals surface area contributed by atoms with Crippen LogP contribution in [0.1, 0.15) is 30.7 Å². The highest BCUT2D eigenvalue weighted by atomic mass is 32.1. The van der Waals surface area contributed by atoms with Gasteiger partial charge in [0.25, 0.3) is 0 Å². The van der Waals surface area contributed by atoms with Crippen molar-refractivity contribution in [1.82, 2.24) is 15.1 Å². The summed E-state index contributed by atoms with van der Waals surface area (Å²) in [5.41, 5.74) is 2.54. The van der Waals surface area contributed by atoms with E-state index in [-0.39, 0.29) is 0 Å². The standard InChI is InChI=1S/C10H17N5S/c11-12-10-14-13-9(16-10)6-15(8-3-4-8)5-7-1-2-7/h7-8H,1-6,11H2,(H,12,14). The molecule has 3 N–H and O–H groups in total. The number of hydrogen-bond acceptors (Lipinski definition) is 6. The minimum Gasteiger partial charge on any atom is -0.298 e. The highest BCUT2D eigenvalue weighted by molar-refractivity contribution is 7.15. The average Bonchev–Trinajstić information content (AvgIpc) is 3.17. The predicted octanol–water partition coefficient (Wildman–Crippen LogP) is 1.20. The molecule has 2 fully saturated rings. The number of nitrogens with two attached hydrogens (primary N) is 1. The summed E-state index contributed by atoms with van der Waals surface area (Å²) in [6, 6.07) is 0.804. The molecular formula is C10H17N5S. The molecule has 0 bridgehead atoms. The summed E-state index contributed by atoms with van der Waals surface area (Å²) in [6.07, 6.45) is 5.53. The first-order valence-corrected chi connectivity index (χ1v) is 6.70. The number of rotatable bonds is 6. The minimum absolute atomic E-state index is 0.706. The molecule has 1 aromatic rings. The van der Waals surface area contributed by atoms with Crippen LogP contribution in [0.5, 0.6) is 0 Å². The summed E-state index contributed by atoms with van der Waals surface area (Å²) >= 11 is 1.55. The van der Waals surface area contributed by atoms with Gasteiger partial charge in [-0.2, -0.15) is 0 Å². The molecule has 0 spiro atoms. The van der Waals surface area contributed by atoms with E-state index in [1.807, 2.05) is 0 Å². The fourth-order valence-electron chi connectivity index (χ4n) is 1.96. The van der Waals surface area contributed by atoms with Gasteiger partial charge in [0.1, 0.15) is 5.01 Å². The Morgan fingerprint density at radius 3 is 2.69 bits per heavy atom. The zero-order chi connectivity index (χ0) is 11.0. The molecule has 0 atom stereocenters. The molecule has 1 heterocycles. The zero-order valence-electron chi connectivity index (χ0n) is 9.22. The average molecular weight is 239 g/mol. The summed E-state index contributed by atoms with van der Waals surface area (Å²) < 4.78 is 0. The smallest absolute Gasteiger partial charge is 0.219 e. The molecule has 1 aromatic heterocycles. The van der Waals surface area contributed by atoms with E-state index in [1.54, 1.807) is 11.3 Å². The Bertz CT molecular complexity index is 358. The maximum Gasteiger partial charge on any atom is 0.219 e. The van der Waals surface area contributed by atoms with Gasteiger partial charge >= 0.3 is 0 Å². The molecule has 0 saturated heterocycles. The second kappa shape index (κ2) is 4.27. The van der Waals surface area contributed by atoms with E-state index in [4.69, 9.17) is 5.84 Å². The summed E-state index contributed by atoms with van der Waals surface area (Å²) in [7, 11) is 0. The molecule has 0 aromatic carbocycles. The van der Waals surface area contributed by atoms with Gasteiger partial charge in [0.2, 0.25) is 5.13 Å². The molecule has 16 heavy (non-hydrogen) atoms. The van der Waals surface area contributed by atoms with Crippen molar-refractivity contribution in [2.45, 2.75) is 38.3 Å². The molecule has 0 amide bonds. The topological polar surface area (TPSA) is 67.1 Å². The molecule has 0 radical (unpaired) electrons. The van der Waals surface area contributed by atoms with Crippen LogP contribution >= 0.6 is 11.3 Å². The lowest BCUT2D eigenvalue weighted by Gasteiger charge is -2.19. The Morgan fingerprint density at radius 1 is 1.31 bits per heavy atom. The third-order valence-corrected chi connectivity index (χ3v) is 4.02. The monoisotopic (exact) mass is 239 g/mol. The van der Waals surface area contributed by atoms with Crippen LogP contribution in [0.25, 0.3) is 0 Å². The maximum absolute atomic E-state index is 5.30. The number of anilines is 1. The van der Waals surface area contributed by atoms with Gasteiger partial charge in [-0.25, -0.2) is 5.84 Å². The maximum atomic E-state index is 5.30. The van der Waals surface area contributed by atoms with Crippen LogP contribution in [0.3, 0.4) is 0 Å². The van der Waals surface area contributed by atoms with Crippen LogP contribution in [-0.2, 0) is 6.54 Å². The lowest BCUT2D eigenvalue weighted by molar-refractivity contribution is 0.243. The van der Waals surface area contributed by atoms with E-state index in [1.165, 1.54) is 32.2 Å². The van der Waals surface area contributed by atoms with Gasteiger partial charge in [-0.15, -0.1) is 10.2 Å². The Hall–Kier alpha value is -0.720. The van der Waals surface area contributed by atoms with E-state index >= 15 is 0 Å². The Morgan fingerprint density at radius 2 is 2.12 bits per heavy atom. The fraction of sp³-hybridized carbons (Fsp3) is 0.800. The molecule has 2 aliphatic rings. The van der Waals surface area contributed by atoms with Crippen molar-refractivity contribution >= 4 is 16.5 Å². The highest BCUT2D eigenvalue weighted by Crippen LogP contribution is 2.35. The number of aromatic nitrogens is 2. The quantitative estimate of drug-likeness (QED) is 0.577. The SMILES string of the molecule is NNc1nnc(CN(CC2CC2)C2CC2)s1. The van der Waals surface area contributed by atoms with E-state index in [9.17, 15) is 0 Å². The molecular weight excluding hydrogens is 222 g/mol. The number of nitrogen functional groups attached to an aromatic ring is 1. The third kappa shape index (κ3) is 2.50. The van der Waals surface area contributed by atoms with E-state index < -0.39 is 0 Å². The van der Waals surface area contributed by atoms with Crippen molar-refractivity contribution in [2.24, 2.45) is 11.8 Å². The first kappa shape index (κ1) is 10.4. The summed E-state index contributed by atoms with van der Waals surface area (Å²) in [5.74, 6) is 6.25. The zero-order valence-corrected chi connectivity index (χ0v) is 10.0. The second-order valence-electron chi connectivity index (χ2n) is 4.75. The Labute approximate surface area is 99.0 Å². The first-order chi connectivity index (χ1) is 7.85. The molecule has 88 valence electrons. The number of hydrazine groups is 1.